The van der Waals surface area contributed by atoms with Gasteiger partial charge in [-0.2, -0.15) is 13.2 Å². The number of nitrogens with zero attached hydrogens (tertiary/aromatic N) is 3. The molecule has 35 heavy (non-hydrogen) atoms. The van der Waals surface area contributed by atoms with Crippen LogP contribution in [0.3, 0.4) is 0 Å². The van der Waals surface area contributed by atoms with Gasteiger partial charge in [-0.05, 0) is 41.0 Å². The molecule has 6 nitrogen and oxygen atoms in total. The number of hydrogen-bond acceptors (Lipinski definition) is 5. The van der Waals surface area contributed by atoms with E-state index in [4.69, 9.17) is 4.42 Å². The van der Waals surface area contributed by atoms with Crippen molar-refractivity contribution in [2.75, 3.05) is 0 Å². The highest BCUT2D eigenvalue weighted by atomic mass is 19.4. The summed E-state index contributed by atoms with van der Waals surface area (Å²) in [6, 6.07) is 18.4. The third-order valence-corrected chi connectivity index (χ3v) is 5.28. The second kappa shape index (κ2) is 11.0. The van der Waals surface area contributed by atoms with Gasteiger partial charge in [-0.1, -0.05) is 42.5 Å². The SMILES string of the molecule is O=C(NCc1ccncc1)c1coc(CN(Cc2ccccc2)Cc2ccc(C(F)(F)F)cc2)n1. The number of hydrogen-bond donors (Lipinski definition) is 1. The Labute approximate surface area is 200 Å². The topological polar surface area (TPSA) is 71.3 Å². The maximum absolute atomic E-state index is 12.9. The van der Waals surface area contributed by atoms with Gasteiger partial charge in [0.05, 0.1) is 12.1 Å². The van der Waals surface area contributed by atoms with Crippen LogP contribution in [0, 0.1) is 0 Å². The number of carbonyl (C=O) groups excluding carboxylic acids is 1. The van der Waals surface area contributed by atoms with Crippen molar-refractivity contribution >= 4 is 5.91 Å². The van der Waals surface area contributed by atoms with Crippen molar-refractivity contribution in [3.05, 3.63) is 119 Å². The Kier molecular flexibility index (Phi) is 7.57. The number of carbonyl (C=O) groups is 1. The van der Waals surface area contributed by atoms with Gasteiger partial charge in [0.2, 0.25) is 5.89 Å². The van der Waals surface area contributed by atoms with E-state index >= 15 is 0 Å². The van der Waals surface area contributed by atoms with Crippen molar-refractivity contribution in [3.8, 4) is 0 Å². The lowest BCUT2D eigenvalue weighted by atomic mass is 10.1. The molecule has 9 heteroatoms. The van der Waals surface area contributed by atoms with Crippen LogP contribution in [0.1, 0.15) is 38.6 Å². The van der Waals surface area contributed by atoms with Gasteiger partial charge in [0.15, 0.2) is 5.69 Å². The summed E-state index contributed by atoms with van der Waals surface area (Å²) in [6.45, 7) is 1.50. The van der Waals surface area contributed by atoms with Gasteiger partial charge in [-0.15, -0.1) is 0 Å². The van der Waals surface area contributed by atoms with Crippen molar-refractivity contribution in [1.82, 2.24) is 20.2 Å². The lowest BCUT2D eigenvalue weighted by Gasteiger charge is -2.21. The Balaban J connectivity index is 1.44. The number of pyridine rings is 1. The fourth-order valence-electron chi connectivity index (χ4n) is 3.52. The van der Waals surface area contributed by atoms with Gasteiger partial charge >= 0.3 is 6.18 Å². The Morgan fingerprint density at radius 2 is 1.51 bits per heavy atom. The van der Waals surface area contributed by atoms with Crippen LogP contribution in [0.5, 0.6) is 0 Å². The molecule has 1 N–H and O–H groups in total. The molecule has 180 valence electrons. The lowest BCUT2D eigenvalue weighted by molar-refractivity contribution is -0.137. The fourth-order valence-corrected chi connectivity index (χ4v) is 3.52. The first-order valence-corrected chi connectivity index (χ1v) is 10.9. The van der Waals surface area contributed by atoms with Crippen molar-refractivity contribution in [2.24, 2.45) is 0 Å². The predicted octanol–water partition coefficient (Wildman–Crippen LogP) is 5.22. The van der Waals surface area contributed by atoms with Crippen molar-refractivity contribution in [3.63, 3.8) is 0 Å². The minimum atomic E-state index is -4.38. The molecule has 4 aromatic rings. The van der Waals surface area contributed by atoms with Crippen molar-refractivity contribution in [1.29, 1.82) is 0 Å². The maximum atomic E-state index is 12.9. The summed E-state index contributed by atoms with van der Waals surface area (Å²) < 4.78 is 44.3. The number of halogens is 3. The molecule has 0 unspecified atom stereocenters. The molecule has 1 amide bonds. The van der Waals surface area contributed by atoms with Crippen molar-refractivity contribution < 1.29 is 22.4 Å². The summed E-state index contributed by atoms with van der Waals surface area (Å²) in [5.41, 5.74) is 2.12. The Morgan fingerprint density at radius 3 is 2.17 bits per heavy atom. The molecule has 0 bridgehead atoms. The molecule has 0 fully saturated rings. The molecule has 0 radical (unpaired) electrons. The van der Waals surface area contributed by atoms with Crippen LogP contribution >= 0.6 is 0 Å². The van der Waals surface area contributed by atoms with E-state index in [1.807, 2.05) is 35.2 Å². The lowest BCUT2D eigenvalue weighted by Crippen LogP contribution is -2.24. The van der Waals surface area contributed by atoms with Gasteiger partial charge in [0.1, 0.15) is 6.26 Å². The van der Waals surface area contributed by atoms with Crippen molar-refractivity contribution in [2.45, 2.75) is 32.4 Å². The molecule has 2 aromatic carbocycles. The van der Waals surface area contributed by atoms with Crippen LogP contribution in [-0.4, -0.2) is 20.8 Å². The van der Waals surface area contributed by atoms with E-state index in [1.165, 1.54) is 18.4 Å². The third-order valence-electron chi connectivity index (χ3n) is 5.28. The molecule has 0 atom stereocenters. The first-order valence-electron chi connectivity index (χ1n) is 10.9. The quantitative estimate of drug-likeness (QED) is 0.356. The van der Waals surface area contributed by atoms with E-state index < -0.39 is 11.7 Å². The molecule has 2 aromatic heterocycles. The Bertz CT molecular complexity index is 1230. The summed E-state index contributed by atoms with van der Waals surface area (Å²) in [6.07, 6.45) is 0.214. The minimum Gasteiger partial charge on any atom is -0.447 e. The van der Waals surface area contributed by atoms with E-state index in [-0.39, 0.29) is 18.1 Å². The Hall–Kier alpha value is -3.98. The molecule has 0 aliphatic carbocycles. The highest BCUT2D eigenvalue weighted by Gasteiger charge is 2.30. The first-order chi connectivity index (χ1) is 16.9. The number of rotatable bonds is 9. The second-order valence-corrected chi connectivity index (χ2v) is 7.99. The maximum Gasteiger partial charge on any atom is 0.416 e. The summed E-state index contributed by atoms with van der Waals surface area (Å²) in [5, 5.41) is 2.78. The number of amides is 1. The molecule has 2 heterocycles. The van der Waals surface area contributed by atoms with Gasteiger partial charge < -0.3 is 9.73 Å². The molecular formula is C26H23F3N4O2. The fraction of sp³-hybridized carbons (Fsp3) is 0.192. The van der Waals surface area contributed by atoms with Gasteiger partial charge in [0, 0.05) is 32.0 Å². The monoisotopic (exact) mass is 480 g/mol. The zero-order valence-electron chi connectivity index (χ0n) is 18.7. The number of benzene rings is 2. The molecule has 0 aliphatic rings. The molecule has 0 saturated heterocycles. The molecule has 0 saturated carbocycles. The minimum absolute atomic E-state index is 0.156. The van der Waals surface area contributed by atoms with Crippen LogP contribution < -0.4 is 5.32 Å². The summed E-state index contributed by atoms with van der Waals surface area (Å²) in [4.78, 5) is 22.7. The number of aromatic nitrogens is 2. The second-order valence-electron chi connectivity index (χ2n) is 7.99. The van der Waals surface area contributed by atoms with Crippen LogP contribution in [0.2, 0.25) is 0 Å². The van der Waals surface area contributed by atoms with Crippen LogP contribution in [0.15, 0.2) is 89.8 Å². The summed E-state index contributed by atoms with van der Waals surface area (Å²) in [7, 11) is 0. The number of nitrogens with one attached hydrogen (secondary N) is 1. The highest BCUT2D eigenvalue weighted by molar-refractivity contribution is 5.91. The van der Waals surface area contributed by atoms with Crippen LogP contribution in [0.4, 0.5) is 13.2 Å². The molecule has 0 aliphatic heterocycles. The zero-order valence-corrected chi connectivity index (χ0v) is 18.7. The smallest absolute Gasteiger partial charge is 0.416 e. The molecule has 4 rings (SSSR count). The third kappa shape index (κ3) is 7.00. The zero-order chi connectivity index (χ0) is 24.7. The molecular weight excluding hydrogens is 457 g/mol. The highest BCUT2D eigenvalue weighted by Crippen LogP contribution is 2.29. The first kappa shape index (κ1) is 24.2. The van der Waals surface area contributed by atoms with E-state index in [1.54, 1.807) is 24.5 Å². The van der Waals surface area contributed by atoms with Gasteiger partial charge in [-0.3, -0.25) is 14.7 Å². The van der Waals surface area contributed by atoms with Crippen LogP contribution in [0.25, 0.3) is 0 Å². The van der Waals surface area contributed by atoms with E-state index in [0.717, 1.165) is 28.8 Å². The molecule has 0 spiro atoms. The van der Waals surface area contributed by atoms with E-state index in [9.17, 15) is 18.0 Å². The Morgan fingerprint density at radius 1 is 0.857 bits per heavy atom. The normalized spacial score (nSPS) is 11.5. The van der Waals surface area contributed by atoms with Crippen LogP contribution in [-0.2, 0) is 32.4 Å². The average Bonchev–Trinajstić information content (AvgIpc) is 3.32. The largest absolute Gasteiger partial charge is 0.447 e. The van der Waals surface area contributed by atoms with E-state index in [2.05, 4.69) is 15.3 Å². The summed E-state index contributed by atoms with van der Waals surface area (Å²) in [5.74, 6) is -0.0314. The average molecular weight is 480 g/mol. The number of alkyl halides is 3. The van der Waals surface area contributed by atoms with E-state index in [0.29, 0.717) is 25.5 Å². The van der Waals surface area contributed by atoms with Gasteiger partial charge in [0.25, 0.3) is 5.91 Å². The van der Waals surface area contributed by atoms with Gasteiger partial charge in [-0.25, -0.2) is 4.98 Å². The summed E-state index contributed by atoms with van der Waals surface area (Å²) >= 11 is 0. The number of oxazole rings is 1. The predicted molar refractivity (Wildman–Crippen MR) is 123 cm³/mol. The standard InChI is InChI=1S/C26H23F3N4O2/c27-26(28,29)22-8-6-21(7-9-22)16-33(15-20-4-2-1-3-5-20)17-24-32-23(18-35-24)25(34)31-14-19-10-12-30-13-11-19/h1-13,18H,14-17H2,(H,31,34).